The van der Waals surface area contributed by atoms with Crippen molar-refractivity contribution < 1.29 is 13.2 Å². The van der Waals surface area contributed by atoms with Gasteiger partial charge in [0, 0.05) is 17.3 Å². The second-order valence-corrected chi connectivity index (χ2v) is 8.57. The highest BCUT2D eigenvalue weighted by molar-refractivity contribution is 8.00. The van der Waals surface area contributed by atoms with E-state index < -0.39 is 10.0 Å². The summed E-state index contributed by atoms with van der Waals surface area (Å²) in [7, 11) is -3.80. The molecule has 0 aliphatic carbocycles. The Labute approximate surface area is 155 Å². The highest BCUT2D eigenvalue weighted by atomic mass is 32.2. The SMILES string of the molecule is O=C1CSC(c2cccc(NS(=O)(=O)c3cccc4cccnc34)c2)N1. The van der Waals surface area contributed by atoms with Crippen LogP contribution >= 0.6 is 11.8 Å². The van der Waals surface area contributed by atoms with Crippen molar-refractivity contribution in [1.29, 1.82) is 0 Å². The monoisotopic (exact) mass is 385 g/mol. The number of pyridine rings is 1. The van der Waals surface area contributed by atoms with E-state index in [9.17, 15) is 13.2 Å². The van der Waals surface area contributed by atoms with Crippen molar-refractivity contribution >= 4 is 44.3 Å². The molecular weight excluding hydrogens is 370 g/mol. The van der Waals surface area contributed by atoms with Crippen LogP contribution in [0.4, 0.5) is 5.69 Å². The Morgan fingerprint density at radius 3 is 2.73 bits per heavy atom. The van der Waals surface area contributed by atoms with E-state index in [0.717, 1.165) is 10.9 Å². The number of rotatable bonds is 4. The van der Waals surface area contributed by atoms with Gasteiger partial charge >= 0.3 is 0 Å². The third-order valence-electron chi connectivity index (χ3n) is 4.00. The number of hydrogen-bond acceptors (Lipinski definition) is 5. The van der Waals surface area contributed by atoms with E-state index in [1.807, 2.05) is 18.2 Å². The molecule has 26 heavy (non-hydrogen) atoms. The number of anilines is 1. The molecule has 3 aromatic rings. The third-order valence-corrected chi connectivity index (χ3v) is 6.57. The lowest BCUT2D eigenvalue weighted by molar-refractivity contribution is -0.118. The van der Waals surface area contributed by atoms with E-state index in [0.29, 0.717) is 17.0 Å². The zero-order chi connectivity index (χ0) is 18.1. The molecule has 1 atom stereocenters. The number of carbonyl (C=O) groups is 1. The lowest BCUT2D eigenvalue weighted by Gasteiger charge is -2.13. The van der Waals surface area contributed by atoms with Crippen LogP contribution < -0.4 is 10.0 Å². The van der Waals surface area contributed by atoms with Crippen LogP contribution in [0.3, 0.4) is 0 Å². The van der Waals surface area contributed by atoms with Crippen LogP contribution in [0.15, 0.2) is 65.7 Å². The maximum atomic E-state index is 12.9. The van der Waals surface area contributed by atoms with Gasteiger partial charge < -0.3 is 5.32 Å². The Morgan fingerprint density at radius 1 is 1.12 bits per heavy atom. The number of carbonyl (C=O) groups excluding carboxylic acids is 1. The number of thioether (sulfide) groups is 1. The Kier molecular flexibility index (Phi) is 4.29. The number of nitrogens with zero attached hydrogens (tertiary/aromatic N) is 1. The number of hydrogen-bond donors (Lipinski definition) is 2. The highest BCUT2D eigenvalue weighted by Gasteiger charge is 2.24. The van der Waals surface area contributed by atoms with Crippen LogP contribution in [0, 0.1) is 0 Å². The van der Waals surface area contributed by atoms with Gasteiger partial charge in [-0.2, -0.15) is 0 Å². The summed E-state index contributed by atoms with van der Waals surface area (Å²) < 4.78 is 28.4. The van der Waals surface area contributed by atoms with E-state index in [1.54, 1.807) is 36.5 Å². The second kappa shape index (κ2) is 6.62. The Balaban J connectivity index is 1.67. The van der Waals surface area contributed by atoms with E-state index in [2.05, 4.69) is 15.0 Å². The van der Waals surface area contributed by atoms with Crippen LogP contribution in [0.2, 0.25) is 0 Å². The van der Waals surface area contributed by atoms with Gasteiger partial charge in [0.05, 0.1) is 11.3 Å². The molecule has 0 spiro atoms. The van der Waals surface area contributed by atoms with Gasteiger partial charge in [0.15, 0.2) is 0 Å². The summed E-state index contributed by atoms with van der Waals surface area (Å²) >= 11 is 1.48. The summed E-state index contributed by atoms with van der Waals surface area (Å²) in [6.45, 7) is 0. The first-order chi connectivity index (χ1) is 12.5. The minimum Gasteiger partial charge on any atom is -0.339 e. The number of para-hydroxylation sites is 1. The molecule has 2 heterocycles. The number of fused-ring (bicyclic) bond motifs is 1. The van der Waals surface area contributed by atoms with Crippen molar-refractivity contribution in [2.75, 3.05) is 10.5 Å². The largest absolute Gasteiger partial charge is 0.339 e. The van der Waals surface area contributed by atoms with Gasteiger partial charge in [0.1, 0.15) is 10.3 Å². The Bertz CT molecular complexity index is 1090. The van der Waals surface area contributed by atoms with Crippen LogP contribution in [-0.4, -0.2) is 25.1 Å². The number of benzene rings is 2. The first-order valence-electron chi connectivity index (χ1n) is 7.90. The molecule has 0 saturated carbocycles. The fourth-order valence-electron chi connectivity index (χ4n) is 2.84. The normalized spacial score (nSPS) is 17.2. The zero-order valence-electron chi connectivity index (χ0n) is 13.5. The smallest absolute Gasteiger partial charge is 0.264 e. The standard InChI is InChI=1S/C18H15N3O3S2/c22-16-11-25-18(20-16)13-5-1-7-14(10-13)21-26(23,24)15-8-2-4-12-6-3-9-19-17(12)15/h1-10,18,21H,11H2,(H,20,22). The molecule has 1 aromatic heterocycles. The van der Waals surface area contributed by atoms with Gasteiger partial charge in [-0.25, -0.2) is 8.42 Å². The maximum Gasteiger partial charge on any atom is 0.264 e. The predicted octanol–water partition coefficient (Wildman–Crippen LogP) is 2.90. The fraction of sp³-hybridized carbons (Fsp3) is 0.111. The molecule has 1 aliphatic heterocycles. The van der Waals surface area contributed by atoms with Crippen LogP contribution in [0.5, 0.6) is 0 Å². The van der Waals surface area contributed by atoms with Gasteiger partial charge in [-0.05, 0) is 29.8 Å². The maximum absolute atomic E-state index is 12.9. The molecule has 1 aliphatic rings. The van der Waals surface area contributed by atoms with Gasteiger partial charge in [-0.1, -0.05) is 30.3 Å². The molecule has 1 saturated heterocycles. The van der Waals surface area contributed by atoms with E-state index >= 15 is 0 Å². The molecule has 132 valence electrons. The summed E-state index contributed by atoms with van der Waals surface area (Å²) in [6, 6.07) is 15.7. The average molecular weight is 385 g/mol. The zero-order valence-corrected chi connectivity index (χ0v) is 15.2. The van der Waals surface area contributed by atoms with E-state index in [-0.39, 0.29) is 16.2 Å². The number of aromatic nitrogens is 1. The van der Waals surface area contributed by atoms with Crippen molar-refractivity contribution in [2.24, 2.45) is 0 Å². The minimum atomic E-state index is -3.80. The molecule has 0 radical (unpaired) electrons. The Morgan fingerprint density at radius 2 is 1.92 bits per heavy atom. The molecule has 2 aromatic carbocycles. The Hall–Kier alpha value is -2.58. The van der Waals surface area contributed by atoms with Crippen LogP contribution in [0.1, 0.15) is 10.9 Å². The van der Waals surface area contributed by atoms with Gasteiger partial charge in [-0.15, -0.1) is 11.8 Å². The highest BCUT2D eigenvalue weighted by Crippen LogP contribution is 2.32. The molecule has 4 rings (SSSR count). The summed E-state index contributed by atoms with van der Waals surface area (Å²) in [5, 5.41) is 3.45. The first kappa shape index (κ1) is 16.9. The average Bonchev–Trinajstić information content (AvgIpc) is 3.07. The van der Waals surface area contributed by atoms with Gasteiger partial charge in [0.25, 0.3) is 10.0 Å². The van der Waals surface area contributed by atoms with Gasteiger partial charge in [0.2, 0.25) is 5.91 Å². The summed E-state index contributed by atoms with van der Waals surface area (Å²) in [4.78, 5) is 15.7. The van der Waals surface area contributed by atoms with Crippen molar-refractivity contribution in [1.82, 2.24) is 10.3 Å². The minimum absolute atomic E-state index is 0.0205. The quantitative estimate of drug-likeness (QED) is 0.721. The predicted molar refractivity (Wildman–Crippen MR) is 102 cm³/mol. The van der Waals surface area contributed by atoms with E-state index in [1.165, 1.54) is 17.8 Å². The fourth-order valence-corrected chi connectivity index (χ4v) is 5.02. The molecule has 0 bridgehead atoms. The molecular formula is C18H15N3O3S2. The van der Waals surface area contributed by atoms with Crippen molar-refractivity contribution in [3.8, 4) is 0 Å². The summed E-state index contributed by atoms with van der Waals surface area (Å²) in [5.74, 6) is 0.385. The lowest BCUT2D eigenvalue weighted by atomic mass is 10.2. The topological polar surface area (TPSA) is 88.2 Å². The van der Waals surface area contributed by atoms with Crippen molar-refractivity contribution in [2.45, 2.75) is 10.3 Å². The van der Waals surface area contributed by atoms with Crippen molar-refractivity contribution in [3.05, 3.63) is 66.4 Å². The van der Waals surface area contributed by atoms with Crippen LogP contribution in [-0.2, 0) is 14.8 Å². The van der Waals surface area contributed by atoms with E-state index in [4.69, 9.17) is 0 Å². The summed E-state index contributed by atoms with van der Waals surface area (Å²) in [6.07, 6.45) is 1.57. The lowest BCUT2D eigenvalue weighted by Crippen LogP contribution is -2.19. The van der Waals surface area contributed by atoms with Crippen LogP contribution in [0.25, 0.3) is 10.9 Å². The number of sulfonamides is 1. The first-order valence-corrected chi connectivity index (χ1v) is 10.4. The second-order valence-electron chi connectivity index (χ2n) is 5.82. The van der Waals surface area contributed by atoms with Gasteiger partial charge in [-0.3, -0.25) is 14.5 Å². The third kappa shape index (κ3) is 3.25. The molecule has 1 unspecified atom stereocenters. The number of nitrogens with one attached hydrogen (secondary N) is 2. The number of amides is 1. The molecule has 6 nitrogen and oxygen atoms in total. The van der Waals surface area contributed by atoms with Crippen molar-refractivity contribution in [3.63, 3.8) is 0 Å². The molecule has 1 fully saturated rings. The molecule has 1 amide bonds. The summed E-state index contributed by atoms with van der Waals surface area (Å²) in [5.41, 5.74) is 1.71. The molecule has 2 N–H and O–H groups in total. The molecule has 8 heteroatoms.